The fraction of sp³-hybridized carbons (Fsp3) is 0.407. The quantitative estimate of drug-likeness (QED) is 0.372. The lowest BCUT2D eigenvalue weighted by Gasteiger charge is -2.16. The first-order valence-electron chi connectivity index (χ1n) is 12.0. The Balaban J connectivity index is 2.47. The SMILES string of the molecule is C\C=C(/C=N/C(=C/CCC)C(F)(F)F)[C@@H](C)Nc1ncnc(=C/C)/c1=C\C(=C\CC)c1ncc(C)s1. The lowest BCUT2D eigenvalue weighted by atomic mass is 10.1. The molecule has 2 rings (SSSR count). The Labute approximate surface area is 215 Å². The van der Waals surface area contributed by atoms with Gasteiger partial charge in [0.1, 0.15) is 22.8 Å². The first-order chi connectivity index (χ1) is 17.1. The first-order valence-corrected chi connectivity index (χ1v) is 12.8. The second-order valence-electron chi connectivity index (χ2n) is 8.09. The molecule has 0 amide bonds. The summed E-state index contributed by atoms with van der Waals surface area (Å²) >= 11 is 1.61. The molecule has 0 aliphatic heterocycles. The molecular formula is C27H34F3N5S. The lowest BCUT2D eigenvalue weighted by molar-refractivity contribution is -0.0925. The van der Waals surface area contributed by atoms with Crippen molar-refractivity contribution in [3.63, 3.8) is 0 Å². The Kier molecular flexibility index (Phi) is 11.2. The molecule has 2 heterocycles. The predicted octanol–water partition coefficient (Wildman–Crippen LogP) is 6.38. The van der Waals surface area contributed by atoms with Gasteiger partial charge in [-0.1, -0.05) is 44.6 Å². The average molecular weight is 518 g/mol. The molecule has 0 bridgehead atoms. The van der Waals surface area contributed by atoms with E-state index in [2.05, 4.69) is 38.3 Å². The van der Waals surface area contributed by atoms with Crippen molar-refractivity contribution < 1.29 is 13.2 Å². The third-order valence-electron chi connectivity index (χ3n) is 5.24. The van der Waals surface area contributed by atoms with Crippen molar-refractivity contribution in [2.24, 2.45) is 4.99 Å². The average Bonchev–Trinajstić information content (AvgIpc) is 3.27. The molecule has 0 saturated carbocycles. The molecule has 1 atom stereocenters. The summed E-state index contributed by atoms with van der Waals surface area (Å²) in [5, 5.41) is 5.77. The van der Waals surface area contributed by atoms with Crippen molar-refractivity contribution in [3.8, 4) is 0 Å². The molecule has 0 aliphatic rings. The van der Waals surface area contributed by atoms with Gasteiger partial charge in [-0.25, -0.2) is 15.0 Å². The highest BCUT2D eigenvalue weighted by Gasteiger charge is 2.33. The number of halogens is 3. The zero-order valence-electron chi connectivity index (χ0n) is 21.6. The minimum atomic E-state index is -4.50. The molecule has 0 aliphatic carbocycles. The van der Waals surface area contributed by atoms with Crippen molar-refractivity contribution in [1.29, 1.82) is 0 Å². The highest BCUT2D eigenvalue weighted by Crippen LogP contribution is 2.27. The van der Waals surface area contributed by atoms with Crippen LogP contribution >= 0.6 is 11.3 Å². The number of hydrogen-bond acceptors (Lipinski definition) is 6. The largest absolute Gasteiger partial charge is 0.433 e. The van der Waals surface area contributed by atoms with Crippen LogP contribution in [0.25, 0.3) is 17.7 Å². The van der Waals surface area contributed by atoms with E-state index in [0.29, 0.717) is 24.2 Å². The monoisotopic (exact) mass is 517 g/mol. The van der Waals surface area contributed by atoms with Crippen LogP contribution in [0.4, 0.5) is 19.0 Å². The van der Waals surface area contributed by atoms with Gasteiger partial charge in [-0.05, 0) is 52.2 Å². The van der Waals surface area contributed by atoms with E-state index in [1.807, 2.05) is 46.0 Å². The maximum absolute atomic E-state index is 13.4. The zero-order valence-corrected chi connectivity index (χ0v) is 22.5. The Hall–Kier alpha value is -3.07. The highest BCUT2D eigenvalue weighted by atomic mass is 32.1. The summed E-state index contributed by atoms with van der Waals surface area (Å²) in [6.07, 6.45) is 10.7. The van der Waals surface area contributed by atoms with Crippen molar-refractivity contribution >= 4 is 41.1 Å². The summed E-state index contributed by atoms with van der Waals surface area (Å²) in [5.41, 5.74) is 0.684. The Bertz CT molecular complexity index is 1250. The molecular weight excluding hydrogens is 483 g/mol. The maximum Gasteiger partial charge on any atom is 0.433 e. The van der Waals surface area contributed by atoms with Crippen LogP contribution in [-0.2, 0) is 0 Å². The van der Waals surface area contributed by atoms with Crippen molar-refractivity contribution in [1.82, 2.24) is 15.0 Å². The highest BCUT2D eigenvalue weighted by molar-refractivity contribution is 7.12. The molecule has 0 spiro atoms. The van der Waals surface area contributed by atoms with Gasteiger partial charge in [0.15, 0.2) is 0 Å². The third kappa shape index (κ3) is 8.26. The van der Waals surface area contributed by atoms with Crippen LogP contribution in [0.1, 0.15) is 63.8 Å². The van der Waals surface area contributed by atoms with Crippen LogP contribution in [0.3, 0.4) is 0 Å². The normalized spacial score (nSPS) is 15.8. The number of aryl methyl sites for hydroxylation is 1. The van der Waals surface area contributed by atoms with Crippen molar-refractivity contribution in [2.45, 2.75) is 73.0 Å². The minimum Gasteiger partial charge on any atom is -0.363 e. The Morgan fingerprint density at radius 2 is 1.92 bits per heavy atom. The summed E-state index contributed by atoms with van der Waals surface area (Å²) in [7, 11) is 0. The Morgan fingerprint density at radius 1 is 1.17 bits per heavy atom. The summed E-state index contributed by atoms with van der Waals surface area (Å²) < 4.78 is 40.1. The standard InChI is InChI=1S/C27H34F3N5S/c1-7-11-13-24(27(28,29)30)31-16-20(9-3)19(6)35-25-22(23(10-4)33-17-34-25)14-21(12-8-2)26-32-15-18(5)36-26/h9-10,12-17,19H,7-8,11H2,1-6H3,(H,33,34,35)/b20-9+,21-12-,22-14+,23-10+,24-13+,31-16+/t19-/m1/s1. The number of unbranched alkanes of at least 4 members (excludes halogenated alkanes) is 1. The molecule has 36 heavy (non-hydrogen) atoms. The van der Waals surface area contributed by atoms with Gasteiger partial charge in [0.2, 0.25) is 0 Å². The van der Waals surface area contributed by atoms with Gasteiger partial charge in [-0.15, -0.1) is 11.3 Å². The van der Waals surface area contributed by atoms with Gasteiger partial charge in [-0.2, -0.15) is 13.2 Å². The van der Waals surface area contributed by atoms with E-state index in [0.717, 1.165) is 38.5 Å². The number of hydrogen-bond donors (Lipinski definition) is 1. The van der Waals surface area contributed by atoms with Crippen LogP contribution < -0.4 is 15.9 Å². The molecule has 2 aromatic heterocycles. The van der Waals surface area contributed by atoms with E-state index in [4.69, 9.17) is 0 Å². The molecule has 0 aromatic carbocycles. The van der Waals surface area contributed by atoms with E-state index in [-0.39, 0.29) is 6.04 Å². The van der Waals surface area contributed by atoms with Crippen LogP contribution in [-0.4, -0.2) is 33.4 Å². The summed E-state index contributed by atoms with van der Waals surface area (Å²) in [6, 6.07) is -0.355. The van der Waals surface area contributed by atoms with Crippen LogP contribution in [0.15, 0.2) is 47.0 Å². The topological polar surface area (TPSA) is 63.1 Å². The van der Waals surface area contributed by atoms with Gasteiger partial charge >= 0.3 is 6.18 Å². The van der Waals surface area contributed by atoms with E-state index in [9.17, 15) is 13.2 Å². The van der Waals surface area contributed by atoms with Gasteiger partial charge < -0.3 is 5.32 Å². The molecule has 2 aromatic rings. The number of aliphatic imine (C=N–C) groups is 1. The summed E-state index contributed by atoms with van der Waals surface area (Å²) in [6.45, 7) is 11.4. The second-order valence-corrected chi connectivity index (χ2v) is 9.32. The number of aromatic nitrogens is 3. The van der Waals surface area contributed by atoms with E-state index >= 15 is 0 Å². The fourth-order valence-corrected chi connectivity index (χ4v) is 4.14. The minimum absolute atomic E-state index is 0.313. The van der Waals surface area contributed by atoms with E-state index in [1.165, 1.54) is 12.5 Å². The number of thiazole rings is 1. The van der Waals surface area contributed by atoms with Crippen LogP contribution in [0.5, 0.6) is 0 Å². The van der Waals surface area contributed by atoms with E-state index < -0.39 is 11.9 Å². The van der Waals surface area contributed by atoms with Gasteiger partial charge in [-0.3, -0.25) is 4.99 Å². The number of anilines is 1. The molecule has 0 fully saturated rings. The number of allylic oxidation sites excluding steroid dienone is 5. The molecule has 1 N–H and O–H groups in total. The summed E-state index contributed by atoms with van der Waals surface area (Å²) in [5.74, 6) is 0.575. The molecule has 0 saturated heterocycles. The van der Waals surface area contributed by atoms with Gasteiger partial charge in [0.05, 0.1) is 11.4 Å². The Morgan fingerprint density at radius 3 is 2.47 bits per heavy atom. The predicted molar refractivity (Wildman–Crippen MR) is 145 cm³/mol. The third-order valence-corrected chi connectivity index (χ3v) is 6.20. The van der Waals surface area contributed by atoms with Crippen LogP contribution in [0.2, 0.25) is 0 Å². The van der Waals surface area contributed by atoms with E-state index in [1.54, 1.807) is 24.3 Å². The zero-order chi connectivity index (χ0) is 26.7. The molecule has 0 radical (unpaired) electrons. The van der Waals surface area contributed by atoms with Gasteiger partial charge in [0, 0.05) is 28.1 Å². The molecule has 5 nitrogen and oxygen atoms in total. The number of alkyl halides is 3. The fourth-order valence-electron chi connectivity index (χ4n) is 3.36. The molecule has 9 heteroatoms. The summed E-state index contributed by atoms with van der Waals surface area (Å²) in [4.78, 5) is 18.3. The number of nitrogens with one attached hydrogen (secondary N) is 1. The lowest BCUT2D eigenvalue weighted by Crippen LogP contribution is -2.34. The maximum atomic E-state index is 13.4. The van der Waals surface area contributed by atoms with Crippen LogP contribution in [0, 0.1) is 6.92 Å². The number of nitrogens with zero attached hydrogens (tertiary/aromatic N) is 4. The second kappa shape index (κ2) is 13.9. The number of rotatable bonds is 10. The van der Waals surface area contributed by atoms with Gasteiger partial charge in [0.25, 0.3) is 0 Å². The molecule has 194 valence electrons. The molecule has 0 unspecified atom stereocenters. The smallest absolute Gasteiger partial charge is 0.363 e. The first kappa shape index (κ1) is 29.2. The van der Waals surface area contributed by atoms with Crippen molar-refractivity contribution in [3.05, 3.63) is 62.5 Å². The van der Waals surface area contributed by atoms with Crippen molar-refractivity contribution in [2.75, 3.05) is 5.32 Å².